The van der Waals surface area contributed by atoms with E-state index in [1.807, 2.05) is 0 Å². The smallest absolute Gasteiger partial charge is 0.328 e. The summed E-state index contributed by atoms with van der Waals surface area (Å²) in [5, 5.41) is 2.49. The Kier molecular flexibility index (Phi) is 4.25. The van der Waals surface area contributed by atoms with Crippen molar-refractivity contribution in [1.29, 1.82) is 0 Å². The minimum Gasteiger partial charge on any atom is -0.464 e. The van der Waals surface area contributed by atoms with E-state index in [9.17, 15) is 13.6 Å². The van der Waals surface area contributed by atoms with Crippen LogP contribution in [0.1, 0.15) is 13.8 Å². The third-order valence-corrected chi connectivity index (χ3v) is 2.13. The number of halogens is 2. The lowest BCUT2D eigenvalue weighted by Crippen LogP contribution is -2.29. The highest BCUT2D eigenvalue weighted by Gasteiger charge is 2.18. The van der Waals surface area contributed by atoms with Crippen LogP contribution < -0.4 is 11.1 Å². The molecule has 1 unspecified atom stereocenters. The Labute approximate surface area is 97.8 Å². The lowest BCUT2D eigenvalue weighted by Gasteiger charge is -2.16. The molecule has 3 N–H and O–H groups in total. The summed E-state index contributed by atoms with van der Waals surface area (Å²) in [5.41, 5.74) is 5.29. The molecule has 0 amide bonds. The van der Waals surface area contributed by atoms with E-state index in [4.69, 9.17) is 10.5 Å². The van der Waals surface area contributed by atoms with E-state index in [2.05, 4.69) is 5.32 Å². The minimum atomic E-state index is -1.11. The van der Waals surface area contributed by atoms with Gasteiger partial charge in [0.15, 0.2) is 11.6 Å². The maximum Gasteiger partial charge on any atom is 0.328 e. The molecule has 0 radical (unpaired) electrons. The number of benzene rings is 1. The number of rotatable bonds is 4. The van der Waals surface area contributed by atoms with Crippen molar-refractivity contribution in [1.82, 2.24) is 0 Å². The van der Waals surface area contributed by atoms with Crippen molar-refractivity contribution in [3.05, 3.63) is 23.8 Å². The zero-order valence-electron chi connectivity index (χ0n) is 9.59. The largest absolute Gasteiger partial charge is 0.464 e. The van der Waals surface area contributed by atoms with Gasteiger partial charge in [0.25, 0.3) is 0 Å². The summed E-state index contributed by atoms with van der Waals surface area (Å²) >= 11 is 0. The molecular weight excluding hydrogens is 230 g/mol. The maximum atomic E-state index is 13.4. The van der Waals surface area contributed by atoms with E-state index in [1.165, 1.54) is 13.0 Å². The summed E-state index contributed by atoms with van der Waals surface area (Å²) in [6.45, 7) is 3.34. The molecule has 0 saturated carbocycles. The van der Waals surface area contributed by atoms with Gasteiger partial charge in [0, 0.05) is 0 Å². The lowest BCUT2D eigenvalue weighted by molar-refractivity contribution is -0.143. The van der Waals surface area contributed by atoms with Crippen molar-refractivity contribution in [2.24, 2.45) is 0 Å². The van der Waals surface area contributed by atoms with E-state index in [0.29, 0.717) is 0 Å². The second-order valence-electron chi connectivity index (χ2n) is 3.44. The number of hydrogen-bond donors (Lipinski definition) is 2. The molecule has 6 heteroatoms. The highest BCUT2D eigenvalue weighted by Crippen LogP contribution is 2.25. The predicted molar refractivity (Wildman–Crippen MR) is 60.5 cm³/mol. The average molecular weight is 244 g/mol. The SMILES string of the molecule is CCOC(=O)C(C)Nc1c(N)ccc(F)c1F. The van der Waals surface area contributed by atoms with E-state index in [1.54, 1.807) is 6.92 Å². The van der Waals surface area contributed by atoms with Gasteiger partial charge in [-0.2, -0.15) is 0 Å². The van der Waals surface area contributed by atoms with Crippen molar-refractivity contribution in [2.45, 2.75) is 19.9 Å². The Hall–Kier alpha value is -1.85. The van der Waals surface area contributed by atoms with Gasteiger partial charge in [-0.25, -0.2) is 13.6 Å². The van der Waals surface area contributed by atoms with Crippen LogP contribution in [0.5, 0.6) is 0 Å². The Morgan fingerprint density at radius 2 is 2.18 bits per heavy atom. The van der Waals surface area contributed by atoms with E-state index in [-0.39, 0.29) is 18.0 Å². The third-order valence-electron chi connectivity index (χ3n) is 2.13. The first-order valence-corrected chi connectivity index (χ1v) is 5.14. The number of hydrogen-bond acceptors (Lipinski definition) is 4. The number of nitrogens with one attached hydrogen (secondary N) is 1. The molecule has 0 aliphatic rings. The molecule has 0 aromatic heterocycles. The van der Waals surface area contributed by atoms with Crippen molar-refractivity contribution < 1.29 is 18.3 Å². The molecule has 0 saturated heterocycles. The second kappa shape index (κ2) is 5.47. The van der Waals surface area contributed by atoms with Crippen LogP contribution in [0, 0.1) is 11.6 Å². The van der Waals surface area contributed by atoms with Crippen LogP contribution >= 0.6 is 0 Å². The second-order valence-corrected chi connectivity index (χ2v) is 3.44. The number of carbonyl (C=O) groups is 1. The first-order chi connectivity index (χ1) is 7.97. The van der Waals surface area contributed by atoms with Crippen LogP contribution in [0.2, 0.25) is 0 Å². The van der Waals surface area contributed by atoms with Crippen molar-refractivity contribution >= 4 is 17.3 Å². The number of ether oxygens (including phenoxy) is 1. The molecule has 0 fully saturated rings. The van der Waals surface area contributed by atoms with Gasteiger partial charge in [-0.05, 0) is 26.0 Å². The molecule has 1 aromatic rings. The zero-order valence-corrected chi connectivity index (χ0v) is 9.59. The van der Waals surface area contributed by atoms with E-state index in [0.717, 1.165) is 6.07 Å². The van der Waals surface area contributed by atoms with Gasteiger partial charge in [-0.1, -0.05) is 0 Å². The van der Waals surface area contributed by atoms with Crippen molar-refractivity contribution in [2.75, 3.05) is 17.7 Å². The summed E-state index contributed by atoms with van der Waals surface area (Å²) in [7, 11) is 0. The van der Waals surface area contributed by atoms with Crippen LogP contribution in [-0.4, -0.2) is 18.6 Å². The van der Waals surface area contributed by atoms with Crippen LogP contribution in [-0.2, 0) is 9.53 Å². The van der Waals surface area contributed by atoms with Crippen molar-refractivity contribution in [3.63, 3.8) is 0 Å². The molecular formula is C11H14F2N2O2. The molecule has 1 aromatic carbocycles. The van der Waals surface area contributed by atoms with Crippen molar-refractivity contribution in [3.8, 4) is 0 Å². The number of anilines is 2. The molecule has 0 bridgehead atoms. The predicted octanol–water partition coefficient (Wildman–Crippen LogP) is 1.91. The summed E-state index contributed by atoms with van der Waals surface area (Å²) < 4.78 is 31.1. The Balaban J connectivity index is 2.88. The fraction of sp³-hybridized carbons (Fsp3) is 0.364. The molecule has 0 spiro atoms. The summed E-state index contributed by atoms with van der Waals surface area (Å²) in [5.74, 6) is -2.70. The quantitative estimate of drug-likeness (QED) is 0.627. The van der Waals surface area contributed by atoms with Gasteiger partial charge in [-0.3, -0.25) is 0 Å². The van der Waals surface area contributed by atoms with Crippen LogP contribution in [0.25, 0.3) is 0 Å². The van der Waals surface area contributed by atoms with Crippen LogP contribution in [0.15, 0.2) is 12.1 Å². The monoisotopic (exact) mass is 244 g/mol. The molecule has 0 heterocycles. The van der Waals surface area contributed by atoms with Gasteiger partial charge in [0.1, 0.15) is 6.04 Å². The van der Waals surface area contributed by atoms with Gasteiger partial charge in [-0.15, -0.1) is 0 Å². The van der Waals surface area contributed by atoms with Gasteiger partial charge in [0.05, 0.1) is 18.0 Å². The molecule has 4 nitrogen and oxygen atoms in total. The van der Waals surface area contributed by atoms with E-state index < -0.39 is 23.6 Å². The molecule has 17 heavy (non-hydrogen) atoms. The molecule has 0 aliphatic heterocycles. The Bertz CT molecular complexity index is 424. The average Bonchev–Trinajstić information content (AvgIpc) is 2.29. The summed E-state index contributed by atoms with van der Waals surface area (Å²) in [6, 6.07) is 1.33. The standard InChI is InChI=1S/C11H14F2N2O2/c1-3-17-11(16)6(2)15-10-8(14)5-4-7(12)9(10)13/h4-6,15H,3,14H2,1-2H3. The maximum absolute atomic E-state index is 13.4. The Morgan fingerprint density at radius 3 is 2.76 bits per heavy atom. The summed E-state index contributed by atoms with van der Waals surface area (Å²) in [4.78, 5) is 11.3. The van der Waals surface area contributed by atoms with Gasteiger partial charge in [0.2, 0.25) is 0 Å². The van der Waals surface area contributed by atoms with Crippen LogP contribution in [0.3, 0.4) is 0 Å². The number of nitrogens with two attached hydrogens (primary N) is 1. The highest BCUT2D eigenvalue weighted by atomic mass is 19.2. The zero-order chi connectivity index (χ0) is 13.0. The summed E-state index contributed by atoms with van der Waals surface area (Å²) in [6.07, 6.45) is 0. The van der Waals surface area contributed by atoms with E-state index >= 15 is 0 Å². The first-order valence-electron chi connectivity index (χ1n) is 5.14. The lowest BCUT2D eigenvalue weighted by atomic mass is 10.2. The number of carbonyl (C=O) groups excluding carboxylic acids is 1. The number of nitrogen functional groups attached to an aromatic ring is 1. The molecule has 1 atom stereocenters. The van der Waals surface area contributed by atoms with Crippen LogP contribution in [0.4, 0.5) is 20.2 Å². The van der Waals surface area contributed by atoms with Gasteiger partial charge < -0.3 is 15.8 Å². The van der Waals surface area contributed by atoms with Gasteiger partial charge >= 0.3 is 5.97 Å². The minimum absolute atomic E-state index is 0.0278. The molecule has 94 valence electrons. The first kappa shape index (κ1) is 13.2. The number of esters is 1. The Morgan fingerprint density at radius 1 is 1.53 bits per heavy atom. The third kappa shape index (κ3) is 3.05. The normalized spacial score (nSPS) is 12.0. The topological polar surface area (TPSA) is 64.3 Å². The molecule has 1 rings (SSSR count). The molecule has 0 aliphatic carbocycles. The fourth-order valence-corrected chi connectivity index (χ4v) is 1.25. The fourth-order valence-electron chi connectivity index (χ4n) is 1.25. The highest BCUT2D eigenvalue weighted by molar-refractivity contribution is 5.81.